The molecule has 19 heavy (non-hydrogen) atoms. The van der Waals surface area contributed by atoms with Crippen LogP contribution in [0, 0.1) is 6.92 Å². The summed E-state index contributed by atoms with van der Waals surface area (Å²) < 4.78 is 28.7. The second kappa shape index (κ2) is 5.32. The molecule has 0 bridgehead atoms. The van der Waals surface area contributed by atoms with Gasteiger partial charge >= 0.3 is 10.1 Å². The Morgan fingerprint density at radius 1 is 1.05 bits per heavy atom. The van der Waals surface area contributed by atoms with Crippen molar-refractivity contribution in [2.45, 2.75) is 12.7 Å². The molecular weight excluding hydrogens is 264 g/mol. The molecule has 0 aliphatic heterocycles. The number of aryl methyl sites for hydroxylation is 1. The maximum absolute atomic E-state index is 11.9. The lowest BCUT2D eigenvalue weighted by Gasteiger charge is -2.07. The molecule has 0 N–H and O–H groups in total. The molecule has 0 saturated heterocycles. The second-order valence-corrected chi connectivity index (χ2v) is 5.82. The van der Waals surface area contributed by atoms with Gasteiger partial charge in [-0.15, -0.1) is 0 Å². The highest BCUT2D eigenvalue weighted by Gasteiger charge is 2.14. The first kappa shape index (κ1) is 13.4. The molecule has 4 nitrogen and oxygen atoms in total. The summed E-state index contributed by atoms with van der Waals surface area (Å²) in [6, 6.07) is 12.8. The van der Waals surface area contributed by atoms with E-state index in [1.54, 1.807) is 37.3 Å². The maximum Gasteiger partial charge on any atom is 0.313 e. The quantitative estimate of drug-likeness (QED) is 0.807. The first-order chi connectivity index (χ1) is 8.94. The van der Waals surface area contributed by atoms with E-state index in [2.05, 4.69) is 0 Å². The lowest BCUT2D eigenvalue weighted by Crippen LogP contribution is -2.12. The predicted molar refractivity (Wildman–Crippen MR) is 71.0 cm³/mol. The van der Waals surface area contributed by atoms with E-state index < -0.39 is 10.1 Å². The molecule has 2 rings (SSSR count). The van der Waals surface area contributed by atoms with Gasteiger partial charge in [0.25, 0.3) is 0 Å². The van der Waals surface area contributed by atoms with Gasteiger partial charge in [0.2, 0.25) is 0 Å². The van der Waals surface area contributed by atoms with E-state index in [9.17, 15) is 13.5 Å². The number of hydrogen-bond acceptors (Lipinski definition) is 3. The normalized spacial score (nSPS) is 11.2. The van der Waals surface area contributed by atoms with Crippen LogP contribution in [0.1, 0.15) is 11.1 Å². The van der Waals surface area contributed by atoms with Gasteiger partial charge < -0.3 is 4.18 Å². The van der Waals surface area contributed by atoms with E-state index in [4.69, 9.17) is 4.18 Å². The molecule has 0 aliphatic carbocycles. The Balaban J connectivity index is 2.17. The zero-order valence-corrected chi connectivity index (χ0v) is 11.2. The monoisotopic (exact) mass is 277 g/mol. The summed E-state index contributed by atoms with van der Waals surface area (Å²) in [4.78, 5) is 0. The second-order valence-electron chi connectivity index (χ2n) is 4.25. The Morgan fingerprint density at radius 2 is 1.74 bits per heavy atom. The van der Waals surface area contributed by atoms with Crippen molar-refractivity contribution in [1.82, 2.24) is 0 Å². The molecule has 0 atom stereocenters. The topological polar surface area (TPSA) is 63.3 Å². The largest absolute Gasteiger partial charge is 0.382 e. The molecule has 0 unspecified atom stereocenters. The van der Waals surface area contributed by atoms with Crippen LogP contribution in [-0.4, -0.2) is 8.42 Å². The van der Waals surface area contributed by atoms with E-state index in [0.717, 1.165) is 6.07 Å². The SMILES string of the molecule is Cc1cc([O])cc(OS(=O)(=O)Cc2ccccc2)c1. The molecule has 2 aromatic carbocycles. The fourth-order valence-corrected chi connectivity index (χ4v) is 2.77. The highest BCUT2D eigenvalue weighted by atomic mass is 32.2. The van der Waals surface area contributed by atoms with Crippen molar-refractivity contribution >= 4 is 10.1 Å². The van der Waals surface area contributed by atoms with Gasteiger partial charge in [0.15, 0.2) is 5.75 Å². The van der Waals surface area contributed by atoms with Crippen LogP contribution in [0.4, 0.5) is 0 Å². The van der Waals surface area contributed by atoms with Crippen LogP contribution in [0.25, 0.3) is 0 Å². The van der Waals surface area contributed by atoms with Crippen LogP contribution in [0.3, 0.4) is 0 Å². The van der Waals surface area contributed by atoms with Gasteiger partial charge in [0, 0.05) is 6.07 Å². The van der Waals surface area contributed by atoms with E-state index in [-0.39, 0.29) is 17.3 Å². The molecule has 0 heterocycles. The zero-order valence-electron chi connectivity index (χ0n) is 10.4. The smallest absolute Gasteiger partial charge is 0.313 e. The minimum absolute atomic E-state index is 0.0564. The molecule has 99 valence electrons. The van der Waals surface area contributed by atoms with Gasteiger partial charge in [0.1, 0.15) is 11.5 Å². The fourth-order valence-electron chi connectivity index (χ4n) is 1.72. The predicted octanol–water partition coefficient (Wildman–Crippen LogP) is 3.05. The van der Waals surface area contributed by atoms with E-state index in [0.29, 0.717) is 11.1 Å². The van der Waals surface area contributed by atoms with Crippen molar-refractivity contribution < 1.29 is 17.7 Å². The van der Waals surface area contributed by atoms with Crippen LogP contribution < -0.4 is 4.18 Å². The third-order valence-corrected chi connectivity index (χ3v) is 3.57. The Morgan fingerprint density at radius 3 is 2.37 bits per heavy atom. The number of benzene rings is 2. The lowest BCUT2D eigenvalue weighted by atomic mass is 10.2. The van der Waals surface area contributed by atoms with E-state index >= 15 is 0 Å². The van der Waals surface area contributed by atoms with Crippen molar-refractivity contribution in [3.8, 4) is 11.5 Å². The van der Waals surface area contributed by atoms with Gasteiger partial charge in [-0.1, -0.05) is 30.3 Å². The van der Waals surface area contributed by atoms with E-state index in [1.807, 2.05) is 0 Å². The fraction of sp³-hybridized carbons (Fsp3) is 0.143. The molecule has 0 saturated carbocycles. The van der Waals surface area contributed by atoms with Crippen molar-refractivity contribution in [3.05, 3.63) is 59.7 Å². The lowest BCUT2D eigenvalue weighted by molar-refractivity contribution is 0.353. The molecule has 5 heteroatoms. The maximum atomic E-state index is 11.9. The summed E-state index contributed by atoms with van der Waals surface area (Å²) in [6.07, 6.45) is 0. The summed E-state index contributed by atoms with van der Waals surface area (Å²) in [5.41, 5.74) is 1.30. The third-order valence-electron chi connectivity index (χ3n) is 2.43. The number of hydrogen-bond donors (Lipinski definition) is 0. The standard InChI is InChI=1S/C14H13O4S/c1-11-7-13(15)9-14(8-11)18-19(16,17)10-12-5-3-2-4-6-12/h2-9H,10H2,1H3. The molecule has 0 fully saturated rings. The van der Waals surface area contributed by atoms with Crippen LogP contribution in [0.15, 0.2) is 48.5 Å². The summed E-state index contributed by atoms with van der Waals surface area (Å²) in [7, 11) is -3.76. The molecule has 0 aliphatic rings. The summed E-state index contributed by atoms with van der Waals surface area (Å²) >= 11 is 0. The number of rotatable bonds is 4. The summed E-state index contributed by atoms with van der Waals surface area (Å²) in [5, 5.41) is 11.3. The molecule has 0 amide bonds. The minimum Gasteiger partial charge on any atom is -0.382 e. The van der Waals surface area contributed by atoms with Gasteiger partial charge in [-0.05, 0) is 30.2 Å². The van der Waals surface area contributed by atoms with Gasteiger partial charge in [-0.2, -0.15) is 8.42 Å². The molecule has 2 aromatic rings. The Hall–Kier alpha value is -2.01. The Bertz CT molecular complexity index is 643. The molecule has 0 aromatic heterocycles. The Labute approximate surface area is 112 Å². The van der Waals surface area contributed by atoms with Crippen LogP contribution in [0.5, 0.6) is 11.5 Å². The van der Waals surface area contributed by atoms with Crippen molar-refractivity contribution in [1.29, 1.82) is 0 Å². The van der Waals surface area contributed by atoms with Crippen molar-refractivity contribution in [2.75, 3.05) is 0 Å². The third kappa shape index (κ3) is 3.99. The van der Waals surface area contributed by atoms with Crippen molar-refractivity contribution in [2.24, 2.45) is 0 Å². The molecule has 1 radical (unpaired) electrons. The van der Waals surface area contributed by atoms with Crippen molar-refractivity contribution in [3.63, 3.8) is 0 Å². The highest BCUT2D eigenvalue weighted by molar-refractivity contribution is 7.86. The molecular formula is C14H13O4S. The minimum atomic E-state index is -3.76. The highest BCUT2D eigenvalue weighted by Crippen LogP contribution is 2.23. The van der Waals surface area contributed by atoms with Gasteiger partial charge in [-0.25, -0.2) is 0 Å². The van der Waals surface area contributed by atoms with Gasteiger partial charge in [0.05, 0.1) is 0 Å². The van der Waals surface area contributed by atoms with Crippen LogP contribution in [0.2, 0.25) is 0 Å². The Kier molecular flexibility index (Phi) is 3.76. The summed E-state index contributed by atoms with van der Waals surface area (Å²) in [5.74, 6) is -0.443. The van der Waals surface area contributed by atoms with Crippen LogP contribution >= 0.6 is 0 Å². The van der Waals surface area contributed by atoms with Crippen LogP contribution in [-0.2, 0) is 21.0 Å². The summed E-state index contributed by atoms with van der Waals surface area (Å²) in [6.45, 7) is 1.71. The van der Waals surface area contributed by atoms with Gasteiger partial charge in [-0.3, -0.25) is 5.11 Å². The van der Waals surface area contributed by atoms with E-state index in [1.165, 1.54) is 12.1 Å². The average molecular weight is 277 g/mol. The average Bonchev–Trinajstić information content (AvgIpc) is 2.27. The molecule has 0 spiro atoms. The first-order valence-electron chi connectivity index (χ1n) is 5.69. The zero-order chi connectivity index (χ0) is 13.9. The first-order valence-corrected chi connectivity index (χ1v) is 7.27.